The lowest BCUT2D eigenvalue weighted by Gasteiger charge is -2.11. The first-order valence-corrected chi connectivity index (χ1v) is 7.49. The average molecular weight is 325 g/mol. The molecule has 0 aliphatic rings. The molecule has 2 aromatic carbocycles. The number of hydrogen-bond acceptors (Lipinski definition) is 4. The van der Waals surface area contributed by atoms with Gasteiger partial charge in [0.15, 0.2) is 11.6 Å². The Balaban J connectivity index is 2.17. The largest absolute Gasteiger partial charge is 0.496 e. The van der Waals surface area contributed by atoms with Crippen molar-refractivity contribution in [2.75, 3.05) is 12.4 Å². The summed E-state index contributed by atoms with van der Waals surface area (Å²) in [6.07, 6.45) is 0.0641. The fourth-order valence-electron chi connectivity index (χ4n) is 2.33. The predicted molar refractivity (Wildman–Crippen MR) is 91.8 cm³/mol. The Morgan fingerprint density at radius 2 is 1.62 bits per heavy atom. The first kappa shape index (κ1) is 17.4. The fraction of sp³-hybridized carbons (Fsp3) is 0.211. The van der Waals surface area contributed by atoms with Crippen molar-refractivity contribution in [2.24, 2.45) is 0 Å². The van der Waals surface area contributed by atoms with Gasteiger partial charge in [-0.2, -0.15) is 0 Å². The SMILES string of the molecule is COc1ccc(C(C)=O)cc1CC(=O)Nc1cccc(C(C)=O)c1. The van der Waals surface area contributed by atoms with E-state index in [9.17, 15) is 14.4 Å². The molecule has 1 N–H and O–H groups in total. The van der Waals surface area contributed by atoms with Crippen molar-refractivity contribution in [3.63, 3.8) is 0 Å². The Morgan fingerprint density at radius 1 is 0.958 bits per heavy atom. The highest BCUT2D eigenvalue weighted by Crippen LogP contribution is 2.21. The second-order valence-corrected chi connectivity index (χ2v) is 5.44. The number of nitrogens with one attached hydrogen (secondary N) is 1. The van der Waals surface area contributed by atoms with Gasteiger partial charge in [0.2, 0.25) is 5.91 Å². The third kappa shape index (κ3) is 4.29. The molecular weight excluding hydrogens is 306 g/mol. The molecule has 5 nitrogen and oxygen atoms in total. The van der Waals surface area contributed by atoms with Gasteiger partial charge in [-0.3, -0.25) is 14.4 Å². The molecule has 0 aliphatic carbocycles. The minimum Gasteiger partial charge on any atom is -0.496 e. The predicted octanol–water partition coefficient (Wildman–Crippen LogP) is 3.28. The Labute approximate surface area is 140 Å². The minimum atomic E-state index is -0.255. The van der Waals surface area contributed by atoms with Gasteiger partial charge < -0.3 is 10.1 Å². The molecule has 0 saturated heterocycles. The molecule has 124 valence electrons. The number of rotatable bonds is 6. The van der Waals surface area contributed by atoms with Crippen LogP contribution < -0.4 is 10.1 Å². The molecule has 0 unspecified atom stereocenters. The summed E-state index contributed by atoms with van der Waals surface area (Å²) in [6.45, 7) is 2.94. The fourth-order valence-corrected chi connectivity index (χ4v) is 2.33. The van der Waals surface area contributed by atoms with E-state index < -0.39 is 0 Å². The number of benzene rings is 2. The van der Waals surface area contributed by atoms with Crippen molar-refractivity contribution in [3.05, 3.63) is 59.2 Å². The van der Waals surface area contributed by atoms with E-state index in [1.165, 1.54) is 21.0 Å². The third-order valence-corrected chi connectivity index (χ3v) is 3.59. The van der Waals surface area contributed by atoms with Crippen LogP contribution in [0.2, 0.25) is 0 Å². The van der Waals surface area contributed by atoms with Crippen molar-refractivity contribution in [1.29, 1.82) is 0 Å². The Bertz CT molecular complexity index is 796. The zero-order valence-corrected chi connectivity index (χ0v) is 13.9. The maximum Gasteiger partial charge on any atom is 0.228 e. The molecule has 0 radical (unpaired) electrons. The summed E-state index contributed by atoms with van der Waals surface area (Å²) in [6, 6.07) is 11.7. The van der Waals surface area contributed by atoms with E-state index in [0.717, 1.165) is 0 Å². The number of ether oxygens (including phenoxy) is 1. The topological polar surface area (TPSA) is 72.5 Å². The van der Waals surface area contributed by atoms with E-state index in [4.69, 9.17) is 4.74 Å². The molecule has 0 fully saturated rings. The van der Waals surface area contributed by atoms with Crippen LogP contribution in [0.5, 0.6) is 5.75 Å². The Kier molecular flexibility index (Phi) is 5.47. The quantitative estimate of drug-likeness (QED) is 0.827. The number of ketones is 2. The zero-order valence-electron chi connectivity index (χ0n) is 13.9. The number of anilines is 1. The highest BCUT2D eigenvalue weighted by Gasteiger charge is 2.12. The molecule has 0 atom stereocenters. The van der Waals surface area contributed by atoms with E-state index in [1.54, 1.807) is 42.5 Å². The molecule has 1 amide bonds. The zero-order chi connectivity index (χ0) is 17.7. The van der Waals surface area contributed by atoms with Gasteiger partial charge in [-0.05, 0) is 44.2 Å². The molecule has 2 aromatic rings. The Hall–Kier alpha value is -2.95. The summed E-state index contributed by atoms with van der Waals surface area (Å²) in [7, 11) is 1.51. The standard InChI is InChI=1S/C19H19NO4/c1-12(21)14-5-4-6-17(10-14)20-19(23)11-16-9-15(13(2)22)7-8-18(16)24-3/h4-10H,11H2,1-3H3,(H,20,23). The molecule has 0 aromatic heterocycles. The van der Waals surface area contributed by atoms with Crippen LogP contribution in [-0.2, 0) is 11.2 Å². The van der Waals surface area contributed by atoms with Crippen molar-refractivity contribution >= 4 is 23.2 Å². The summed E-state index contributed by atoms with van der Waals surface area (Å²) in [5, 5.41) is 2.75. The van der Waals surface area contributed by atoms with E-state index in [1.807, 2.05) is 0 Å². The van der Waals surface area contributed by atoms with Crippen LogP contribution in [0.1, 0.15) is 40.1 Å². The maximum atomic E-state index is 12.3. The lowest BCUT2D eigenvalue weighted by molar-refractivity contribution is -0.115. The second-order valence-electron chi connectivity index (χ2n) is 5.44. The second kappa shape index (κ2) is 7.55. The number of Topliss-reactive ketones (excluding diaryl/α,β-unsaturated/α-hetero) is 2. The van der Waals surface area contributed by atoms with Gasteiger partial charge >= 0.3 is 0 Å². The van der Waals surface area contributed by atoms with Gasteiger partial charge in [0, 0.05) is 22.4 Å². The van der Waals surface area contributed by atoms with Crippen molar-refractivity contribution < 1.29 is 19.1 Å². The monoisotopic (exact) mass is 325 g/mol. The average Bonchev–Trinajstić information content (AvgIpc) is 2.54. The molecule has 0 spiro atoms. The lowest BCUT2D eigenvalue weighted by Crippen LogP contribution is -2.15. The minimum absolute atomic E-state index is 0.0641. The first-order chi connectivity index (χ1) is 11.4. The summed E-state index contributed by atoms with van der Waals surface area (Å²) in [5.74, 6) is 0.151. The van der Waals surface area contributed by atoms with Crippen LogP contribution in [0.15, 0.2) is 42.5 Å². The van der Waals surface area contributed by atoms with Gasteiger partial charge in [0.1, 0.15) is 5.75 Å². The summed E-state index contributed by atoms with van der Waals surface area (Å²) in [5.41, 5.74) is 2.24. The number of methoxy groups -OCH3 is 1. The lowest BCUT2D eigenvalue weighted by atomic mass is 10.0. The van der Waals surface area contributed by atoms with Gasteiger partial charge in [-0.1, -0.05) is 12.1 Å². The summed E-state index contributed by atoms with van der Waals surface area (Å²) >= 11 is 0. The molecule has 5 heteroatoms. The molecule has 0 saturated carbocycles. The number of carbonyl (C=O) groups is 3. The van der Waals surface area contributed by atoms with Crippen LogP contribution in [-0.4, -0.2) is 24.6 Å². The summed E-state index contributed by atoms with van der Waals surface area (Å²) < 4.78 is 5.25. The molecule has 0 heterocycles. The van der Waals surface area contributed by atoms with Crippen molar-refractivity contribution in [2.45, 2.75) is 20.3 Å². The van der Waals surface area contributed by atoms with Gasteiger partial charge in [-0.25, -0.2) is 0 Å². The van der Waals surface area contributed by atoms with Gasteiger partial charge in [0.05, 0.1) is 13.5 Å². The number of amides is 1. The van der Waals surface area contributed by atoms with Crippen LogP contribution in [0.3, 0.4) is 0 Å². The van der Waals surface area contributed by atoms with Crippen LogP contribution in [0, 0.1) is 0 Å². The van der Waals surface area contributed by atoms with E-state index in [-0.39, 0.29) is 23.9 Å². The number of carbonyl (C=O) groups excluding carboxylic acids is 3. The smallest absolute Gasteiger partial charge is 0.228 e. The highest BCUT2D eigenvalue weighted by molar-refractivity contribution is 5.98. The molecular formula is C19H19NO4. The van der Waals surface area contributed by atoms with Gasteiger partial charge in [-0.15, -0.1) is 0 Å². The molecule has 24 heavy (non-hydrogen) atoms. The van der Waals surface area contributed by atoms with E-state index >= 15 is 0 Å². The highest BCUT2D eigenvalue weighted by atomic mass is 16.5. The molecule has 0 aliphatic heterocycles. The summed E-state index contributed by atoms with van der Waals surface area (Å²) in [4.78, 5) is 35.2. The molecule has 2 rings (SSSR count). The third-order valence-electron chi connectivity index (χ3n) is 3.59. The Morgan fingerprint density at radius 3 is 2.25 bits per heavy atom. The van der Waals surface area contributed by atoms with Gasteiger partial charge in [0.25, 0.3) is 0 Å². The van der Waals surface area contributed by atoms with Crippen molar-refractivity contribution in [3.8, 4) is 5.75 Å². The van der Waals surface area contributed by atoms with Crippen molar-refractivity contribution in [1.82, 2.24) is 0 Å². The number of hydrogen-bond donors (Lipinski definition) is 1. The first-order valence-electron chi connectivity index (χ1n) is 7.49. The van der Waals surface area contributed by atoms with Crippen LogP contribution in [0.25, 0.3) is 0 Å². The van der Waals surface area contributed by atoms with E-state index in [2.05, 4.69) is 5.32 Å². The molecule has 0 bridgehead atoms. The van der Waals surface area contributed by atoms with E-state index in [0.29, 0.717) is 28.1 Å². The normalized spacial score (nSPS) is 10.1. The van der Waals surface area contributed by atoms with Crippen LogP contribution >= 0.6 is 0 Å². The van der Waals surface area contributed by atoms with Crippen LogP contribution in [0.4, 0.5) is 5.69 Å². The maximum absolute atomic E-state index is 12.3.